The predicted molar refractivity (Wildman–Crippen MR) is 109 cm³/mol. The van der Waals surface area contributed by atoms with Gasteiger partial charge in [-0.1, -0.05) is 60.7 Å². The lowest BCUT2D eigenvalue weighted by molar-refractivity contribution is -0.113. The quantitative estimate of drug-likeness (QED) is 0.496. The van der Waals surface area contributed by atoms with Gasteiger partial charge >= 0.3 is 0 Å². The highest BCUT2D eigenvalue weighted by atomic mass is 35.5. The molecule has 128 valence electrons. The van der Waals surface area contributed by atoms with Gasteiger partial charge in [0.15, 0.2) is 4.32 Å². The summed E-state index contributed by atoms with van der Waals surface area (Å²) in [5, 5.41) is 0.617. The minimum atomic E-state index is -0.136. The number of rotatable bonds is 5. The fraction of sp³-hybridized carbons (Fsp3) is 0.158. The molecule has 1 heterocycles. The third kappa shape index (κ3) is 4.06. The minimum Gasteiger partial charge on any atom is -0.493 e. The zero-order chi connectivity index (χ0) is 17.8. The molecule has 3 nitrogen and oxygen atoms in total. The lowest BCUT2D eigenvalue weighted by Crippen LogP contribution is -2.27. The molecule has 0 spiro atoms. The maximum Gasteiger partial charge on any atom is 0.270 e. The van der Waals surface area contributed by atoms with Crippen molar-refractivity contribution >= 4 is 57.6 Å². The number of para-hydroxylation sites is 1. The average molecular weight is 390 g/mol. The Morgan fingerprint density at radius 2 is 1.92 bits per heavy atom. The topological polar surface area (TPSA) is 29.5 Å². The molecule has 2 aromatic carbocycles. The molecular formula is C19H16ClNO2S2. The molecule has 1 saturated heterocycles. The molecule has 0 aliphatic carbocycles. The predicted octanol–water partition coefficient (Wildman–Crippen LogP) is 5.53. The van der Waals surface area contributed by atoms with E-state index in [2.05, 4.69) is 6.92 Å². The van der Waals surface area contributed by atoms with Crippen LogP contribution < -0.4 is 9.64 Å². The minimum absolute atomic E-state index is 0.136. The molecule has 0 aromatic heterocycles. The monoisotopic (exact) mass is 389 g/mol. The van der Waals surface area contributed by atoms with Crippen LogP contribution in [0.5, 0.6) is 5.75 Å². The van der Waals surface area contributed by atoms with Gasteiger partial charge in [-0.05, 0) is 42.8 Å². The van der Waals surface area contributed by atoms with E-state index in [1.54, 1.807) is 24.3 Å². The van der Waals surface area contributed by atoms with E-state index in [1.165, 1.54) is 16.7 Å². The molecular weight excluding hydrogens is 374 g/mol. The van der Waals surface area contributed by atoms with Crippen LogP contribution in [0, 0.1) is 0 Å². The van der Waals surface area contributed by atoms with Crippen LogP contribution in [0.15, 0.2) is 53.4 Å². The Kier molecular flexibility index (Phi) is 5.78. The van der Waals surface area contributed by atoms with Crippen LogP contribution in [0.1, 0.15) is 18.9 Å². The van der Waals surface area contributed by atoms with Crippen LogP contribution in [0.25, 0.3) is 6.08 Å². The highest BCUT2D eigenvalue weighted by Gasteiger charge is 2.33. The molecule has 1 aliphatic rings. The second kappa shape index (κ2) is 8.04. The fourth-order valence-electron chi connectivity index (χ4n) is 2.36. The smallest absolute Gasteiger partial charge is 0.270 e. The van der Waals surface area contributed by atoms with Gasteiger partial charge in [0.1, 0.15) is 5.75 Å². The highest BCUT2D eigenvalue weighted by molar-refractivity contribution is 8.27. The van der Waals surface area contributed by atoms with E-state index in [0.29, 0.717) is 26.5 Å². The zero-order valence-electron chi connectivity index (χ0n) is 13.6. The molecule has 1 amide bonds. The zero-order valence-corrected chi connectivity index (χ0v) is 16.0. The Bertz CT molecular complexity index is 834. The summed E-state index contributed by atoms with van der Waals surface area (Å²) in [4.78, 5) is 14.9. The molecule has 0 saturated carbocycles. The first-order chi connectivity index (χ1) is 12.1. The summed E-state index contributed by atoms with van der Waals surface area (Å²) in [5.74, 6) is 0.628. The first kappa shape index (κ1) is 18.0. The van der Waals surface area contributed by atoms with Crippen molar-refractivity contribution in [2.45, 2.75) is 13.3 Å². The summed E-state index contributed by atoms with van der Waals surface area (Å²) in [5.41, 5.74) is 1.58. The molecule has 1 aliphatic heterocycles. The molecule has 6 heteroatoms. The number of hydrogen-bond donors (Lipinski definition) is 0. The van der Waals surface area contributed by atoms with E-state index in [4.69, 9.17) is 28.6 Å². The van der Waals surface area contributed by atoms with E-state index in [9.17, 15) is 4.79 Å². The van der Waals surface area contributed by atoms with Crippen molar-refractivity contribution in [3.63, 3.8) is 0 Å². The Balaban J connectivity index is 1.89. The summed E-state index contributed by atoms with van der Waals surface area (Å²) in [6.45, 7) is 2.69. The molecule has 3 rings (SSSR count). The lowest BCUT2D eigenvalue weighted by atomic mass is 10.2. The number of benzene rings is 2. The molecule has 2 aromatic rings. The summed E-state index contributed by atoms with van der Waals surface area (Å²) >= 11 is 12.6. The third-order valence-corrected chi connectivity index (χ3v) is 5.10. The van der Waals surface area contributed by atoms with E-state index < -0.39 is 0 Å². The number of hydrogen-bond acceptors (Lipinski definition) is 4. The molecule has 0 N–H and O–H groups in total. The van der Waals surface area contributed by atoms with E-state index in [0.717, 1.165) is 17.7 Å². The number of carbonyl (C=O) groups excluding carboxylic acids is 1. The van der Waals surface area contributed by atoms with Crippen molar-refractivity contribution in [2.24, 2.45) is 0 Å². The maximum atomic E-state index is 12.8. The Morgan fingerprint density at radius 1 is 1.20 bits per heavy atom. The molecule has 0 unspecified atom stereocenters. The second-order valence-electron chi connectivity index (χ2n) is 5.38. The Morgan fingerprint density at radius 3 is 2.64 bits per heavy atom. The van der Waals surface area contributed by atoms with Gasteiger partial charge < -0.3 is 4.74 Å². The summed E-state index contributed by atoms with van der Waals surface area (Å²) in [6, 6.07) is 14.7. The first-order valence-electron chi connectivity index (χ1n) is 7.85. The SMILES string of the molecule is CCCOc1ccccc1/C=C1\SC(=S)N(c2ccc(Cl)cc2)C1=O. The highest BCUT2D eigenvalue weighted by Crippen LogP contribution is 2.37. The molecule has 25 heavy (non-hydrogen) atoms. The average Bonchev–Trinajstić information content (AvgIpc) is 2.89. The molecule has 1 fully saturated rings. The largest absolute Gasteiger partial charge is 0.493 e. The van der Waals surface area contributed by atoms with Gasteiger partial charge in [0.25, 0.3) is 5.91 Å². The maximum absolute atomic E-state index is 12.8. The van der Waals surface area contributed by atoms with Crippen LogP contribution in [-0.4, -0.2) is 16.8 Å². The van der Waals surface area contributed by atoms with Gasteiger partial charge in [-0.2, -0.15) is 0 Å². The van der Waals surface area contributed by atoms with Gasteiger partial charge in [0.05, 0.1) is 17.2 Å². The fourth-order valence-corrected chi connectivity index (χ4v) is 3.78. The van der Waals surface area contributed by atoms with Gasteiger partial charge in [0, 0.05) is 10.6 Å². The Labute approximate surface area is 161 Å². The summed E-state index contributed by atoms with van der Waals surface area (Å²) < 4.78 is 6.26. The van der Waals surface area contributed by atoms with Crippen molar-refractivity contribution in [3.05, 3.63) is 64.0 Å². The van der Waals surface area contributed by atoms with Gasteiger partial charge in [0.2, 0.25) is 0 Å². The lowest BCUT2D eigenvalue weighted by Gasteiger charge is -2.14. The van der Waals surface area contributed by atoms with Crippen molar-refractivity contribution in [2.75, 3.05) is 11.5 Å². The van der Waals surface area contributed by atoms with Crippen LogP contribution in [0.4, 0.5) is 5.69 Å². The van der Waals surface area contributed by atoms with Gasteiger partial charge in [-0.3, -0.25) is 9.69 Å². The number of carbonyl (C=O) groups is 1. The molecule has 0 atom stereocenters. The van der Waals surface area contributed by atoms with Crippen LogP contribution in [0.2, 0.25) is 5.02 Å². The van der Waals surface area contributed by atoms with Crippen LogP contribution >= 0.6 is 35.6 Å². The van der Waals surface area contributed by atoms with Crippen LogP contribution in [-0.2, 0) is 4.79 Å². The number of thioether (sulfide) groups is 1. The molecule has 0 bridgehead atoms. The first-order valence-corrected chi connectivity index (χ1v) is 9.45. The van der Waals surface area contributed by atoms with Crippen molar-refractivity contribution in [3.8, 4) is 5.75 Å². The van der Waals surface area contributed by atoms with Crippen LogP contribution in [0.3, 0.4) is 0 Å². The Hall–Kier alpha value is -1.82. The number of anilines is 1. The van der Waals surface area contributed by atoms with Crippen molar-refractivity contribution in [1.29, 1.82) is 0 Å². The summed E-state index contributed by atoms with van der Waals surface area (Å²) in [6.07, 6.45) is 2.76. The summed E-state index contributed by atoms with van der Waals surface area (Å²) in [7, 11) is 0. The number of amides is 1. The van der Waals surface area contributed by atoms with Crippen molar-refractivity contribution in [1.82, 2.24) is 0 Å². The van der Waals surface area contributed by atoms with E-state index >= 15 is 0 Å². The van der Waals surface area contributed by atoms with Gasteiger partial charge in [-0.25, -0.2) is 0 Å². The number of nitrogens with zero attached hydrogens (tertiary/aromatic N) is 1. The van der Waals surface area contributed by atoms with E-state index in [-0.39, 0.29) is 5.91 Å². The number of thiocarbonyl (C=S) groups is 1. The third-order valence-electron chi connectivity index (χ3n) is 3.55. The van der Waals surface area contributed by atoms with Gasteiger partial charge in [-0.15, -0.1) is 0 Å². The number of ether oxygens (including phenoxy) is 1. The van der Waals surface area contributed by atoms with E-state index in [1.807, 2.05) is 30.3 Å². The normalized spacial score (nSPS) is 15.9. The molecule has 0 radical (unpaired) electrons. The van der Waals surface area contributed by atoms with Crippen molar-refractivity contribution < 1.29 is 9.53 Å². The standard InChI is InChI=1S/C19H16ClNO2S2/c1-2-11-23-16-6-4-3-5-13(16)12-17-18(22)21(19(24)25-17)15-9-7-14(20)8-10-15/h3-10,12H,2,11H2,1H3/b17-12-. The number of halogens is 1. The second-order valence-corrected chi connectivity index (χ2v) is 7.49.